The Hall–Kier alpha value is -0.0800. The third kappa shape index (κ3) is 6.42. The first-order valence-electron chi connectivity index (χ1n) is 7.67. The molecule has 1 saturated carbocycles. The van der Waals surface area contributed by atoms with Crippen molar-refractivity contribution >= 4 is 0 Å². The summed E-state index contributed by atoms with van der Waals surface area (Å²) < 4.78 is 0. The molecule has 1 atom stereocenters. The second-order valence-corrected chi connectivity index (χ2v) is 5.77. The molecular weight excluding hydrogens is 208 g/mol. The fraction of sp³-hybridized carbons (Fsp3) is 1.00. The molecule has 0 aromatic heterocycles. The van der Waals surface area contributed by atoms with Crippen LogP contribution < -0.4 is 5.32 Å². The van der Waals surface area contributed by atoms with Gasteiger partial charge in [0.1, 0.15) is 0 Å². The van der Waals surface area contributed by atoms with Crippen LogP contribution in [0.25, 0.3) is 0 Å². The van der Waals surface area contributed by atoms with E-state index in [0.717, 1.165) is 12.6 Å². The monoisotopic (exact) mass is 240 g/mol. The molecule has 0 heterocycles. The summed E-state index contributed by atoms with van der Waals surface area (Å²) in [6.07, 6.45) is 11.1. The second kappa shape index (κ2) is 8.93. The number of hydrogen-bond acceptors (Lipinski definition) is 2. The van der Waals surface area contributed by atoms with Gasteiger partial charge in [-0.05, 0) is 33.2 Å². The molecule has 1 fully saturated rings. The Morgan fingerprint density at radius 1 is 1.24 bits per heavy atom. The molecule has 1 rings (SSSR count). The van der Waals surface area contributed by atoms with E-state index in [4.69, 9.17) is 0 Å². The Morgan fingerprint density at radius 3 is 2.59 bits per heavy atom. The highest BCUT2D eigenvalue weighted by Gasteiger charge is 2.18. The Labute approximate surface area is 108 Å². The fourth-order valence-electron chi connectivity index (χ4n) is 2.82. The van der Waals surface area contributed by atoms with Gasteiger partial charge in [-0.2, -0.15) is 0 Å². The van der Waals surface area contributed by atoms with Gasteiger partial charge in [-0.3, -0.25) is 0 Å². The molecule has 2 heteroatoms. The van der Waals surface area contributed by atoms with Gasteiger partial charge in [0.15, 0.2) is 0 Å². The van der Waals surface area contributed by atoms with Gasteiger partial charge in [-0.1, -0.05) is 39.0 Å². The zero-order chi connectivity index (χ0) is 12.5. The molecule has 0 amide bonds. The molecule has 1 aliphatic carbocycles. The molecule has 0 radical (unpaired) electrons. The van der Waals surface area contributed by atoms with Crippen LogP contribution in [0.4, 0.5) is 0 Å². The lowest BCUT2D eigenvalue weighted by Crippen LogP contribution is -2.38. The first-order chi connectivity index (χ1) is 8.24. The molecule has 17 heavy (non-hydrogen) atoms. The van der Waals surface area contributed by atoms with Crippen molar-refractivity contribution in [3.8, 4) is 0 Å². The van der Waals surface area contributed by atoms with Gasteiger partial charge in [0, 0.05) is 25.2 Å². The van der Waals surface area contributed by atoms with Crippen LogP contribution in [0.1, 0.15) is 65.2 Å². The van der Waals surface area contributed by atoms with E-state index >= 15 is 0 Å². The van der Waals surface area contributed by atoms with E-state index in [1.807, 2.05) is 0 Å². The minimum absolute atomic E-state index is 0.693. The van der Waals surface area contributed by atoms with E-state index in [2.05, 4.69) is 31.1 Å². The number of likely N-dealkylation sites (N-methyl/N-ethyl adjacent to an activating group) is 1. The topological polar surface area (TPSA) is 15.3 Å². The molecule has 0 aromatic carbocycles. The maximum Gasteiger partial charge on any atom is 0.0107 e. The highest BCUT2D eigenvalue weighted by molar-refractivity contribution is 4.75. The molecule has 0 aliphatic heterocycles. The van der Waals surface area contributed by atoms with Gasteiger partial charge in [0.25, 0.3) is 0 Å². The lowest BCUT2D eigenvalue weighted by Gasteiger charge is -2.25. The number of rotatable bonds is 9. The molecule has 1 unspecified atom stereocenters. The molecule has 0 saturated heterocycles. The summed E-state index contributed by atoms with van der Waals surface area (Å²) in [6, 6.07) is 1.56. The summed E-state index contributed by atoms with van der Waals surface area (Å²) in [5, 5.41) is 3.65. The van der Waals surface area contributed by atoms with Crippen molar-refractivity contribution in [2.24, 2.45) is 0 Å². The molecule has 0 bridgehead atoms. The van der Waals surface area contributed by atoms with Gasteiger partial charge in [0.2, 0.25) is 0 Å². The van der Waals surface area contributed by atoms with Crippen LogP contribution in [0, 0.1) is 0 Å². The van der Waals surface area contributed by atoms with Gasteiger partial charge >= 0.3 is 0 Å². The Kier molecular flexibility index (Phi) is 7.87. The molecule has 102 valence electrons. The molecular formula is C15H32N2. The summed E-state index contributed by atoms with van der Waals surface area (Å²) in [7, 11) is 2.29. The minimum atomic E-state index is 0.693. The van der Waals surface area contributed by atoms with Crippen molar-refractivity contribution in [1.29, 1.82) is 0 Å². The average molecular weight is 240 g/mol. The van der Waals surface area contributed by atoms with Gasteiger partial charge in [0.05, 0.1) is 0 Å². The summed E-state index contributed by atoms with van der Waals surface area (Å²) in [4.78, 5) is 2.55. The molecule has 0 spiro atoms. The zero-order valence-electron chi connectivity index (χ0n) is 12.2. The normalized spacial score (nSPS) is 19.1. The van der Waals surface area contributed by atoms with E-state index in [-0.39, 0.29) is 0 Å². The van der Waals surface area contributed by atoms with Crippen molar-refractivity contribution < 1.29 is 0 Å². The van der Waals surface area contributed by atoms with Crippen molar-refractivity contribution in [3.05, 3.63) is 0 Å². The molecule has 0 aromatic rings. The maximum atomic E-state index is 3.65. The van der Waals surface area contributed by atoms with Crippen LogP contribution in [-0.2, 0) is 0 Å². The third-order valence-corrected chi connectivity index (χ3v) is 4.15. The highest BCUT2D eigenvalue weighted by Crippen LogP contribution is 2.21. The summed E-state index contributed by atoms with van der Waals surface area (Å²) in [6.45, 7) is 6.96. The predicted octanol–water partition coefficient (Wildman–Crippen LogP) is 3.42. The minimum Gasteiger partial charge on any atom is -0.313 e. The number of unbranched alkanes of at least 4 members (excludes halogenated alkanes) is 2. The summed E-state index contributed by atoms with van der Waals surface area (Å²) >= 11 is 0. The van der Waals surface area contributed by atoms with E-state index < -0.39 is 0 Å². The maximum absolute atomic E-state index is 3.65. The zero-order valence-corrected chi connectivity index (χ0v) is 12.2. The van der Waals surface area contributed by atoms with E-state index in [0.29, 0.717) is 6.04 Å². The fourth-order valence-corrected chi connectivity index (χ4v) is 2.82. The van der Waals surface area contributed by atoms with Crippen molar-refractivity contribution in [2.75, 3.05) is 20.1 Å². The van der Waals surface area contributed by atoms with Crippen molar-refractivity contribution in [2.45, 2.75) is 77.3 Å². The van der Waals surface area contributed by atoms with E-state index in [1.165, 1.54) is 57.9 Å². The standard InChI is InChI=1S/C15H32N2/c1-4-5-6-9-14(2)16-12-13-17(3)15-10-7-8-11-15/h14-16H,4-13H2,1-3H3. The lowest BCUT2D eigenvalue weighted by atomic mass is 10.1. The first kappa shape index (κ1) is 15.0. The van der Waals surface area contributed by atoms with Crippen LogP contribution in [0.2, 0.25) is 0 Å². The Bertz CT molecular complexity index is 176. The quantitative estimate of drug-likeness (QED) is 0.621. The van der Waals surface area contributed by atoms with Gasteiger partial charge in [-0.15, -0.1) is 0 Å². The van der Waals surface area contributed by atoms with E-state index in [9.17, 15) is 0 Å². The van der Waals surface area contributed by atoms with Crippen LogP contribution in [-0.4, -0.2) is 37.1 Å². The van der Waals surface area contributed by atoms with Crippen molar-refractivity contribution in [1.82, 2.24) is 10.2 Å². The van der Waals surface area contributed by atoms with Crippen LogP contribution in [0.3, 0.4) is 0 Å². The molecule has 2 nitrogen and oxygen atoms in total. The van der Waals surface area contributed by atoms with Gasteiger partial charge < -0.3 is 10.2 Å². The smallest absolute Gasteiger partial charge is 0.0107 e. The molecule has 1 aliphatic rings. The Morgan fingerprint density at radius 2 is 1.94 bits per heavy atom. The van der Waals surface area contributed by atoms with Crippen LogP contribution in [0.5, 0.6) is 0 Å². The van der Waals surface area contributed by atoms with Crippen LogP contribution in [0.15, 0.2) is 0 Å². The summed E-state index contributed by atoms with van der Waals surface area (Å²) in [5.74, 6) is 0. The third-order valence-electron chi connectivity index (χ3n) is 4.15. The lowest BCUT2D eigenvalue weighted by molar-refractivity contribution is 0.242. The average Bonchev–Trinajstić information content (AvgIpc) is 2.82. The van der Waals surface area contributed by atoms with Gasteiger partial charge in [-0.25, -0.2) is 0 Å². The SMILES string of the molecule is CCCCCC(C)NCCN(C)C1CCCC1. The summed E-state index contributed by atoms with van der Waals surface area (Å²) in [5.41, 5.74) is 0. The largest absolute Gasteiger partial charge is 0.313 e. The highest BCUT2D eigenvalue weighted by atomic mass is 15.1. The van der Waals surface area contributed by atoms with Crippen LogP contribution >= 0.6 is 0 Å². The Balaban J connectivity index is 1.98. The predicted molar refractivity (Wildman–Crippen MR) is 76.5 cm³/mol. The second-order valence-electron chi connectivity index (χ2n) is 5.77. The van der Waals surface area contributed by atoms with E-state index in [1.54, 1.807) is 0 Å². The number of hydrogen-bond donors (Lipinski definition) is 1. The number of nitrogens with zero attached hydrogens (tertiary/aromatic N) is 1. The van der Waals surface area contributed by atoms with Crippen molar-refractivity contribution in [3.63, 3.8) is 0 Å². The number of nitrogens with one attached hydrogen (secondary N) is 1. The first-order valence-corrected chi connectivity index (χ1v) is 7.67. The molecule has 1 N–H and O–H groups in total.